The van der Waals surface area contributed by atoms with Crippen LogP contribution in [-0.4, -0.2) is 32.7 Å². The van der Waals surface area contributed by atoms with E-state index in [1.165, 1.54) is 42.3 Å². The fraction of sp³-hybridized carbons (Fsp3) is 0.176. The lowest BCUT2D eigenvalue weighted by Crippen LogP contribution is -2.23. The number of anilines is 3. The van der Waals surface area contributed by atoms with Crippen LogP contribution in [0.1, 0.15) is 5.56 Å². The molecule has 2 heterocycles. The van der Waals surface area contributed by atoms with Crippen molar-refractivity contribution < 1.29 is 13.6 Å². The smallest absolute Gasteiger partial charge is 0.241 e. The third kappa shape index (κ3) is 4.71. The summed E-state index contributed by atoms with van der Waals surface area (Å²) in [5, 5.41) is 12.5. The molecule has 146 valence electrons. The predicted octanol–water partition coefficient (Wildman–Crippen LogP) is 2.71. The maximum absolute atomic E-state index is 13.7. The molecule has 11 heteroatoms. The summed E-state index contributed by atoms with van der Waals surface area (Å²) >= 11 is 6.06. The highest BCUT2D eigenvalue weighted by Gasteiger charge is 2.11. The number of carbonyl (C=O) groups is 1. The van der Waals surface area contributed by atoms with Gasteiger partial charge in [-0.1, -0.05) is 17.7 Å². The molecule has 0 saturated carbocycles. The summed E-state index contributed by atoms with van der Waals surface area (Å²) in [6.07, 6.45) is 4.46. The first-order chi connectivity index (χ1) is 13.5. The van der Waals surface area contributed by atoms with Crippen LogP contribution in [0.4, 0.5) is 26.2 Å². The van der Waals surface area contributed by atoms with Gasteiger partial charge in [-0.25, -0.2) is 13.8 Å². The minimum absolute atomic E-state index is 0.0701. The Morgan fingerprint density at radius 3 is 2.71 bits per heavy atom. The third-order valence-electron chi connectivity index (χ3n) is 3.71. The molecule has 0 aliphatic rings. The predicted molar refractivity (Wildman–Crippen MR) is 100 cm³/mol. The van der Waals surface area contributed by atoms with Gasteiger partial charge in [0.25, 0.3) is 0 Å². The maximum atomic E-state index is 13.7. The van der Waals surface area contributed by atoms with E-state index in [0.29, 0.717) is 5.69 Å². The van der Waals surface area contributed by atoms with Gasteiger partial charge in [0.2, 0.25) is 11.9 Å². The molecular weight excluding hydrogens is 392 g/mol. The number of halogens is 3. The Morgan fingerprint density at radius 2 is 2.00 bits per heavy atom. The first kappa shape index (κ1) is 19.5. The molecule has 0 radical (unpaired) electrons. The molecule has 0 bridgehead atoms. The average Bonchev–Trinajstić information content (AvgIpc) is 3.10. The summed E-state index contributed by atoms with van der Waals surface area (Å²) in [4.78, 5) is 19.6. The molecule has 0 atom stereocenters. The molecule has 3 aromatic rings. The van der Waals surface area contributed by atoms with Crippen LogP contribution in [0.25, 0.3) is 0 Å². The zero-order valence-electron chi connectivity index (χ0n) is 14.7. The van der Waals surface area contributed by atoms with Gasteiger partial charge in [-0.15, -0.1) is 0 Å². The van der Waals surface area contributed by atoms with Crippen LogP contribution in [0.3, 0.4) is 0 Å². The van der Waals surface area contributed by atoms with Crippen molar-refractivity contribution in [2.24, 2.45) is 0 Å². The molecule has 1 amide bonds. The van der Waals surface area contributed by atoms with Crippen LogP contribution < -0.4 is 16.0 Å². The highest BCUT2D eigenvalue weighted by atomic mass is 35.5. The van der Waals surface area contributed by atoms with Gasteiger partial charge >= 0.3 is 0 Å². The van der Waals surface area contributed by atoms with Gasteiger partial charge in [0.1, 0.15) is 23.2 Å². The molecule has 0 fully saturated rings. The summed E-state index contributed by atoms with van der Waals surface area (Å²) in [6.45, 7) is -0.0700. The van der Waals surface area contributed by atoms with Gasteiger partial charge < -0.3 is 16.0 Å². The van der Waals surface area contributed by atoms with E-state index in [9.17, 15) is 13.6 Å². The summed E-state index contributed by atoms with van der Waals surface area (Å²) < 4.78 is 28.9. The monoisotopic (exact) mass is 407 g/mol. The third-order valence-corrected chi connectivity index (χ3v) is 3.99. The lowest BCUT2D eigenvalue weighted by atomic mass is 10.2. The molecule has 0 unspecified atom stereocenters. The second-order valence-corrected chi connectivity index (χ2v) is 6.08. The van der Waals surface area contributed by atoms with Gasteiger partial charge in [0.15, 0.2) is 5.82 Å². The van der Waals surface area contributed by atoms with Gasteiger partial charge in [-0.05, 0) is 12.1 Å². The van der Waals surface area contributed by atoms with Crippen molar-refractivity contribution in [3.05, 3.63) is 59.0 Å². The van der Waals surface area contributed by atoms with Crippen molar-refractivity contribution in [3.63, 3.8) is 0 Å². The van der Waals surface area contributed by atoms with E-state index >= 15 is 0 Å². The Labute approximate surface area is 163 Å². The largest absolute Gasteiger partial charge is 0.364 e. The molecule has 0 spiro atoms. The summed E-state index contributed by atoms with van der Waals surface area (Å²) in [5.41, 5.74) is 0.430. The Bertz CT molecular complexity index is 975. The molecule has 8 nitrogen and oxygen atoms in total. The molecule has 3 N–H and O–H groups in total. The second-order valence-electron chi connectivity index (χ2n) is 5.67. The Kier molecular flexibility index (Phi) is 5.99. The van der Waals surface area contributed by atoms with Crippen molar-refractivity contribution in [1.82, 2.24) is 25.1 Å². The minimum atomic E-state index is -0.667. The van der Waals surface area contributed by atoms with Crippen molar-refractivity contribution in [2.75, 3.05) is 17.7 Å². The van der Waals surface area contributed by atoms with Crippen molar-refractivity contribution in [2.45, 2.75) is 13.1 Å². The number of carbonyl (C=O) groups excluding carboxylic acids is 1. The number of nitrogens with one attached hydrogen (secondary N) is 3. The minimum Gasteiger partial charge on any atom is -0.364 e. The Hall–Kier alpha value is -3.27. The van der Waals surface area contributed by atoms with Gasteiger partial charge in [-0.2, -0.15) is 10.1 Å². The number of nitrogens with zero attached hydrogens (tertiary/aromatic N) is 4. The molecule has 1 aromatic carbocycles. The maximum Gasteiger partial charge on any atom is 0.241 e. The molecular formula is C17H16ClF2N7O. The van der Waals surface area contributed by atoms with Crippen molar-refractivity contribution >= 4 is 35.0 Å². The summed E-state index contributed by atoms with van der Waals surface area (Å²) in [6, 6.07) is 3.63. The Balaban J connectivity index is 1.70. The van der Waals surface area contributed by atoms with E-state index in [1.807, 2.05) is 0 Å². The van der Waals surface area contributed by atoms with E-state index in [1.54, 1.807) is 6.20 Å². The molecule has 0 saturated heterocycles. The zero-order valence-corrected chi connectivity index (χ0v) is 15.5. The summed E-state index contributed by atoms with van der Waals surface area (Å²) in [5.74, 6) is -1.12. The van der Waals surface area contributed by atoms with E-state index in [2.05, 4.69) is 31.0 Å². The Morgan fingerprint density at radius 1 is 1.25 bits per heavy atom. The average molecular weight is 408 g/mol. The van der Waals surface area contributed by atoms with Gasteiger partial charge in [-0.3, -0.25) is 9.48 Å². The summed E-state index contributed by atoms with van der Waals surface area (Å²) in [7, 11) is 1.54. The highest BCUT2D eigenvalue weighted by molar-refractivity contribution is 6.32. The number of hydrogen-bond donors (Lipinski definition) is 3. The first-order valence-corrected chi connectivity index (χ1v) is 8.53. The topological polar surface area (TPSA) is 96.8 Å². The first-order valence-electron chi connectivity index (χ1n) is 8.15. The fourth-order valence-corrected chi connectivity index (χ4v) is 2.45. The quantitative estimate of drug-likeness (QED) is 0.557. The van der Waals surface area contributed by atoms with Crippen LogP contribution in [0, 0.1) is 11.6 Å². The number of amides is 1. The van der Waals surface area contributed by atoms with Crippen LogP contribution in [0.5, 0.6) is 0 Å². The second kappa shape index (κ2) is 8.61. The van der Waals surface area contributed by atoms with E-state index in [-0.39, 0.29) is 41.3 Å². The van der Waals surface area contributed by atoms with Crippen molar-refractivity contribution in [3.8, 4) is 0 Å². The fourth-order valence-electron chi connectivity index (χ4n) is 2.29. The molecule has 3 rings (SSSR count). The number of aromatic nitrogens is 4. The number of benzene rings is 1. The number of likely N-dealkylation sites (N-methyl/N-ethyl adjacent to an activating group) is 1. The van der Waals surface area contributed by atoms with E-state index in [4.69, 9.17) is 11.6 Å². The molecule has 2 aromatic heterocycles. The number of rotatable bonds is 7. The molecule has 0 aliphatic carbocycles. The number of hydrogen-bond acceptors (Lipinski definition) is 6. The zero-order chi connectivity index (χ0) is 20.1. The highest BCUT2D eigenvalue weighted by Crippen LogP contribution is 2.23. The van der Waals surface area contributed by atoms with Crippen LogP contribution in [-0.2, 0) is 17.9 Å². The standard InChI is InChI=1S/C17H16ClF2N7O/c1-21-15(28)9-27-8-10(5-24-27)25-17-23-7-12(18)16(26-17)22-6-11-13(19)3-2-4-14(11)20/h2-5,7-8H,6,9H2,1H3,(H,21,28)(H2,22,23,25,26). The molecule has 28 heavy (non-hydrogen) atoms. The van der Waals surface area contributed by atoms with Crippen LogP contribution in [0.2, 0.25) is 5.02 Å². The molecule has 0 aliphatic heterocycles. The van der Waals surface area contributed by atoms with Gasteiger partial charge in [0.05, 0.1) is 18.1 Å². The van der Waals surface area contributed by atoms with Crippen LogP contribution in [0.15, 0.2) is 36.8 Å². The normalized spacial score (nSPS) is 10.6. The van der Waals surface area contributed by atoms with Crippen LogP contribution >= 0.6 is 11.6 Å². The SMILES string of the molecule is CNC(=O)Cn1cc(Nc2ncc(Cl)c(NCc3c(F)cccc3F)n2)cn1. The lowest BCUT2D eigenvalue weighted by molar-refractivity contribution is -0.121. The van der Waals surface area contributed by atoms with Gasteiger partial charge in [0, 0.05) is 25.4 Å². The van der Waals surface area contributed by atoms with E-state index in [0.717, 1.165) is 0 Å². The van der Waals surface area contributed by atoms with Crippen molar-refractivity contribution in [1.29, 1.82) is 0 Å². The lowest BCUT2D eigenvalue weighted by Gasteiger charge is -2.10. The van der Waals surface area contributed by atoms with E-state index < -0.39 is 11.6 Å².